The summed E-state index contributed by atoms with van der Waals surface area (Å²) < 4.78 is 7.30. The summed E-state index contributed by atoms with van der Waals surface area (Å²) in [6.07, 6.45) is 1.93. The summed E-state index contributed by atoms with van der Waals surface area (Å²) in [7, 11) is 1.68. The zero-order chi connectivity index (χ0) is 15.2. The van der Waals surface area contributed by atoms with Crippen LogP contribution >= 0.6 is 0 Å². The first-order valence-electron chi connectivity index (χ1n) is 7.69. The van der Waals surface area contributed by atoms with Crippen LogP contribution in [0.5, 0.6) is 5.75 Å². The number of aromatic nitrogens is 2. The lowest BCUT2D eigenvalue weighted by atomic mass is 10.1. The van der Waals surface area contributed by atoms with Gasteiger partial charge in [0.05, 0.1) is 18.5 Å². The lowest BCUT2D eigenvalue weighted by Gasteiger charge is -2.09. The van der Waals surface area contributed by atoms with Gasteiger partial charge in [0, 0.05) is 17.8 Å². The van der Waals surface area contributed by atoms with Crippen LogP contribution in [0, 0.1) is 0 Å². The van der Waals surface area contributed by atoms with Gasteiger partial charge in [-0.05, 0) is 43.7 Å². The molecule has 0 spiro atoms. The molecule has 0 atom stereocenters. The summed E-state index contributed by atoms with van der Waals surface area (Å²) >= 11 is 0. The number of hydrogen-bond acceptors (Lipinski definition) is 3. The van der Waals surface area contributed by atoms with E-state index in [9.17, 15) is 0 Å². The number of nitrogens with zero attached hydrogens (tertiary/aromatic N) is 2. The maximum atomic E-state index is 5.23. The van der Waals surface area contributed by atoms with Crippen molar-refractivity contribution in [3.63, 3.8) is 0 Å². The zero-order valence-corrected chi connectivity index (χ0v) is 13.4. The van der Waals surface area contributed by atoms with Crippen molar-refractivity contribution < 1.29 is 4.74 Å². The van der Waals surface area contributed by atoms with Crippen LogP contribution in [0.3, 0.4) is 0 Å². The molecule has 1 N–H and O–H groups in total. The molecule has 4 nitrogen and oxygen atoms in total. The molecule has 0 radical (unpaired) electrons. The monoisotopic (exact) mass is 287 g/mol. The molecule has 1 heterocycles. The van der Waals surface area contributed by atoms with Crippen molar-refractivity contribution in [1.82, 2.24) is 15.1 Å². The van der Waals surface area contributed by atoms with E-state index in [-0.39, 0.29) is 0 Å². The Kier molecular flexibility index (Phi) is 5.39. The fourth-order valence-corrected chi connectivity index (χ4v) is 2.57. The van der Waals surface area contributed by atoms with E-state index in [1.54, 1.807) is 7.11 Å². The number of methoxy groups -OCH3 is 1. The van der Waals surface area contributed by atoms with Gasteiger partial charge in [0.2, 0.25) is 0 Å². The van der Waals surface area contributed by atoms with E-state index < -0.39 is 0 Å². The molecule has 21 heavy (non-hydrogen) atoms. The van der Waals surface area contributed by atoms with E-state index >= 15 is 0 Å². The normalized spacial score (nSPS) is 10.9. The van der Waals surface area contributed by atoms with E-state index in [0.29, 0.717) is 0 Å². The van der Waals surface area contributed by atoms with Crippen LogP contribution in [0.1, 0.15) is 37.7 Å². The summed E-state index contributed by atoms with van der Waals surface area (Å²) in [6, 6.07) is 8.07. The Morgan fingerprint density at radius 3 is 2.33 bits per heavy atom. The zero-order valence-electron chi connectivity index (χ0n) is 13.4. The second kappa shape index (κ2) is 7.27. The summed E-state index contributed by atoms with van der Waals surface area (Å²) in [5, 5.41) is 8.24. The van der Waals surface area contributed by atoms with Gasteiger partial charge in [-0.3, -0.25) is 0 Å². The van der Waals surface area contributed by atoms with Crippen LogP contribution in [0.25, 0.3) is 5.69 Å². The van der Waals surface area contributed by atoms with Crippen molar-refractivity contribution in [3.05, 3.63) is 41.2 Å². The topological polar surface area (TPSA) is 39.1 Å². The minimum Gasteiger partial charge on any atom is -0.497 e. The highest BCUT2D eigenvalue weighted by atomic mass is 16.5. The molecule has 2 aromatic rings. The highest BCUT2D eigenvalue weighted by Crippen LogP contribution is 2.22. The van der Waals surface area contributed by atoms with E-state index in [0.717, 1.165) is 37.4 Å². The van der Waals surface area contributed by atoms with Crippen molar-refractivity contribution in [1.29, 1.82) is 0 Å². The van der Waals surface area contributed by atoms with Crippen LogP contribution in [-0.4, -0.2) is 23.4 Å². The Morgan fingerprint density at radius 1 is 1.10 bits per heavy atom. The van der Waals surface area contributed by atoms with Gasteiger partial charge in [-0.15, -0.1) is 0 Å². The molecule has 0 fully saturated rings. The molecule has 0 saturated heterocycles. The Hall–Kier alpha value is -1.81. The van der Waals surface area contributed by atoms with Gasteiger partial charge in [0.15, 0.2) is 0 Å². The van der Waals surface area contributed by atoms with E-state index in [1.807, 2.05) is 12.1 Å². The Morgan fingerprint density at radius 2 is 1.81 bits per heavy atom. The van der Waals surface area contributed by atoms with Gasteiger partial charge in [-0.1, -0.05) is 20.8 Å². The first kappa shape index (κ1) is 15.6. The maximum absolute atomic E-state index is 5.23. The van der Waals surface area contributed by atoms with Crippen LogP contribution in [-0.2, 0) is 19.4 Å². The fraction of sp³-hybridized carbons (Fsp3) is 0.471. The van der Waals surface area contributed by atoms with E-state index in [1.165, 1.54) is 17.0 Å². The van der Waals surface area contributed by atoms with Crippen molar-refractivity contribution in [2.75, 3.05) is 13.7 Å². The lowest BCUT2D eigenvalue weighted by molar-refractivity contribution is 0.414. The SMILES string of the molecule is CCNCc1c(CC)nn(-c2ccc(OC)cc2)c1CC. The van der Waals surface area contributed by atoms with Crippen LogP contribution in [0.15, 0.2) is 24.3 Å². The molecule has 0 aliphatic carbocycles. The van der Waals surface area contributed by atoms with Crippen LogP contribution in [0.4, 0.5) is 0 Å². The molecule has 2 rings (SSSR count). The summed E-state index contributed by atoms with van der Waals surface area (Å²) in [5.74, 6) is 0.868. The molecule has 0 unspecified atom stereocenters. The largest absolute Gasteiger partial charge is 0.497 e. The van der Waals surface area contributed by atoms with Crippen LogP contribution < -0.4 is 10.1 Å². The predicted molar refractivity (Wildman–Crippen MR) is 86.3 cm³/mol. The lowest BCUT2D eigenvalue weighted by Crippen LogP contribution is -2.14. The first-order valence-corrected chi connectivity index (χ1v) is 7.69. The summed E-state index contributed by atoms with van der Waals surface area (Å²) in [5.41, 5.74) is 4.91. The predicted octanol–water partition coefficient (Wildman–Crippen LogP) is 3.12. The average molecular weight is 287 g/mol. The summed E-state index contributed by atoms with van der Waals surface area (Å²) in [4.78, 5) is 0. The van der Waals surface area contributed by atoms with Crippen molar-refractivity contribution in [2.45, 2.75) is 40.2 Å². The second-order valence-corrected chi connectivity index (χ2v) is 4.97. The van der Waals surface area contributed by atoms with Crippen molar-refractivity contribution in [2.24, 2.45) is 0 Å². The fourth-order valence-electron chi connectivity index (χ4n) is 2.57. The summed E-state index contributed by atoms with van der Waals surface area (Å²) in [6.45, 7) is 8.34. The number of rotatable bonds is 7. The Balaban J connectivity index is 2.44. The van der Waals surface area contributed by atoms with E-state index in [2.05, 4.69) is 42.9 Å². The van der Waals surface area contributed by atoms with Gasteiger partial charge in [0.1, 0.15) is 5.75 Å². The minimum absolute atomic E-state index is 0.868. The van der Waals surface area contributed by atoms with Gasteiger partial charge >= 0.3 is 0 Å². The van der Waals surface area contributed by atoms with Gasteiger partial charge < -0.3 is 10.1 Å². The second-order valence-electron chi connectivity index (χ2n) is 4.97. The molecule has 0 aliphatic rings. The van der Waals surface area contributed by atoms with Gasteiger partial charge in [0.25, 0.3) is 0 Å². The standard InChI is InChI=1S/C17H25N3O/c1-5-16-15(12-18-7-3)17(6-2)20(19-16)13-8-10-14(21-4)11-9-13/h8-11,18H,5-7,12H2,1-4H3. The van der Waals surface area contributed by atoms with Crippen molar-refractivity contribution >= 4 is 0 Å². The van der Waals surface area contributed by atoms with Gasteiger partial charge in [-0.2, -0.15) is 5.10 Å². The number of ether oxygens (including phenoxy) is 1. The third-order valence-electron chi connectivity index (χ3n) is 3.71. The highest BCUT2D eigenvalue weighted by molar-refractivity contribution is 5.41. The number of hydrogen-bond donors (Lipinski definition) is 1. The quantitative estimate of drug-likeness (QED) is 0.850. The highest BCUT2D eigenvalue weighted by Gasteiger charge is 2.16. The molecule has 114 valence electrons. The molecule has 0 amide bonds. The Bertz CT molecular complexity index is 572. The smallest absolute Gasteiger partial charge is 0.119 e. The number of aryl methyl sites for hydroxylation is 1. The molecule has 4 heteroatoms. The van der Waals surface area contributed by atoms with Crippen molar-refractivity contribution in [3.8, 4) is 11.4 Å². The molecule has 1 aromatic carbocycles. The molecule has 1 aromatic heterocycles. The molecule has 0 saturated carbocycles. The van der Waals surface area contributed by atoms with Gasteiger partial charge in [-0.25, -0.2) is 4.68 Å². The average Bonchev–Trinajstić information content (AvgIpc) is 2.90. The molecule has 0 aliphatic heterocycles. The number of benzene rings is 1. The minimum atomic E-state index is 0.868. The molecular formula is C17H25N3O. The third-order valence-corrected chi connectivity index (χ3v) is 3.71. The first-order chi connectivity index (χ1) is 10.2. The van der Waals surface area contributed by atoms with E-state index in [4.69, 9.17) is 9.84 Å². The number of nitrogens with one attached hydrogen (secondary N) is 1. The molecule has 0 bridgehead atoms. The Labute approximate surface area is 127 Å². The molecular weight excluding hydrogens is 262 g/mol. The third kappa shape index (κ3) is 3.27. The van der Waals surface area contributed by atoms with Crippen LogP contribution in [0.2, 0.25) is 0 Å². The maximum Gasteiger partial charge on any atom is 0.119 e.